The molecule has 1 aliphatic rings. The van der Waals surface area contributed by atoms with Crippen molar-refractivity contribution >= 4 is 48.8 Å². The van der Waals surface area contributed by atoms with Gasteiger partial charge in [0.15, 0.2) is 5.69 Å². The van der Waals surface area contributed by atoms with E-state index in [2.05, 4.69) is 43.6 Å². The van der Waals surface area contributed by atoms with Crippen LogP contribution >= 0.6 is 22.9 Å². The van der Waals surface area contributed by atoms with Crippen molar-refractivity contribution in [3.05, 3.63) is 46.0 Å². The third kappa shape index (κ3) is 2.03. The van der Waals surface area contributed by atoms with E-state index in [1.54, 1.807) is 17.5 Å². The maximum Gasteiger partial charge on any atom is 0.196 e. The molecule has 0 spiro atoms. The monoisotopic (exact) mass is 354 g/mol. The summed E-state index contributed by atoms with van der Waals surface area (Å²) in [4.78, 5) is 8.10. The molecule has 2 heterocycles. The van der Waals surface area contributed by atoms with E-state index in [9.17, 15) is 0 Å². The van der Waals surface area contributed by atoms with Crippen LogP contribution in [0.2, 0.25) is 5.15 Å². The van der Waals surface area contributed by atoms with Gasteiger partial charge < -0.3 is 0 Å². The largest absolute Gasteiger partial charge is 0.243 e. The predicted octanol–water partition coefficient (Wildman–Crippen LogP) is 7.00. The molecule has 0 unspecified atom stereocenters. The lowest BCUT2D eigenvalue weighted by molar-refractivity contribution is 0.335. The second-order valence-corrected chi connectivity index (χ2v) is 9.36. The normalized spacial score (nSPS) is 18.5. The van der Waals surface area contributed by atoms with Gasteiger partial charge in [0.2, 0.25) is 0 Å². The zero-order valence-electron chi connectivity index (χ0n) is 14.3. The topological polar surface area (TPSA) is 17.2 Å². The lowest BCUT2D eigenvalue weighted by Gasteiger charge is -2.42. The number of hydrogen-bond acceptors (Lipinski definition) is 2. The summed E-state index contributed by atoms with van der Waals surface area (Å²) in [5, 5.41) is 2.65. The third-order valence-electron chi connectivity index (χ3n) is 5.50. The van der Waals surface area contributed by atoms with Gasteiger partial charge in [0.25, 0.3) is 0 Å². The summed E-state index contributed by atoms with van der Waals surface area (Å²) in [6, 6.07) is 4.12. The molecule has 1 aromatic carbocycles. The molecule has 0 saturated heterocycles. The van der Waals surface area contributed by atoms with Crippen LogP contribution < -0.4 is 0 Å². The lowest BCUT2D eigenvalue weighted by Crippen LogP contribution is -2.33. The lowest BCUT2D eigenvalue weighted by atomic mass is 9.63. The molecule has 1 aliphatic carbocycles. The number of rotatable bonds is 0. The Morgan fingerprint density at radius 3 is 2.58 bits per heavy atom. The molecule has 2 nitrogen and oxygen atoms in total. The van der Waals surface area contributed by atoms with Crippen LogP contribution in [0.3, 0.4) is 0 Å². The molecule has 0 N–H and O–H groups in total. The van der Waals surface area contributed by atoms with E-state index in [1.807, 2.05) is 6.07 Å². The average molecular weight is 355 g/mol. The van der Waals surface area contributed by atoms with E-state index in [0.717, 1.165) is 34.0 Å². The van der Waals surface area contributed by atoms with Crippen LogP contribution in [-0.2, 0) is 10.8 Å². The SMILES string of the molecule is [C-]#[N+]c1cc2c(c3sc4c(Cl)nccc4c13)C(C)(C)CCC2(C)C. The van der Waals surface area contributed by atoms with Crippen molar-refractivity contribution in [3.8, 4) is 0 Å². The highest BCUT2D eigenvalue weighted by Gasteiger charge is 2.39. The molecule has 122 valence electrons. The number of benzene rings is 1. The molecule has 0 atom stereocenters. The maximum atomic E-state index is 7.72. The van der Waals surface area contributed by atoms with Gasteiger partial charge in [0.05, 0.1) is 11.3 Å². The molecule has 3 aromatic rings. The fourth-order valence-corrected chi connectivity index (χ4v) is 5.70. The number of aromatic nitrogens is 1. The van der Waals surface area contributed by atoms with Crippen molar-refractivity contribution in [1.29, 1.82) is 0 Å². The summed E-state index contributed by atoms with van der Waals surface area (Å²) in [7, 11) is 0. The van der Waals surface area contributed by atoms with Crippen molar-refractivity contribution in [2.75, 3.05) is 0 Å². The Morgan fingerprint density at radius 1 is 1.17 bits per heavy atom. The maximum absolute atomic E-state index is 7.72. The van der Waals surface area contributed by atoms with Crippen LogP contribution in [-0.4, -0.2) is 4.98 Å². The molecule has 0 aliphatic heterocycles. The van der Waals surface area contributed by atoms with Gasteiger partial charge in [-0.05, 0) is 46.3 Å². The first-order valence-corrected chi connectivity index (χ1v) is 9.38. The average Bonchev–Trinajstić information content (AvgIpc) is 2.91. The second kappa shape index (κ2) is 4.94. The summed E-state index contributed by atoms with van der Waals surface area (Å²) in [6.07, 6.45) is 4.03. The van der Waals surface area contributed by atoms with Crippen LogP contribution in [0.15, 0.2) is 18.3 Å². The third-order valence-corrected chi connectivity index (χ3v) is 7.12. The van der Waals surface area contributed by atoms with Gasteiger partial charge in [0.1, 0.15) is 5.15 Å². The number of thiophene rings is 1. The van der Waals surface area contributed by atoms with Gasteiger partial charge in [-0.25, -0.2) is 9.83 Å². The first-order chi connectivity index (χ1) is 11.3. The van der Waals surface area contributed by atoms with Crippen LogP contribution in [0.1, 0.15) is 51.7 Å². The summed E-state index contributed by atoms with van der Waals surface area (Å²) >= 11 is 8.05. The quantitative estimate of drug-likeness (QED) is 0.313. The Morgan fingerprint density at radius 2 is 1.88 bits per heavy atom. The highest BCUT2D eigenvalue weighted by molar-refractivity contribution is 7.26. The summed E-state index contributed by atoms with van der Waals surface area (Å²) in [6.45, 7) is 17.0. The van der Waals surface area contributed by atoms with Gasteiger partial charge >= 0.3 is 0 Å². The van der Waals surface area contributed by atoms with Crippen molar-refractivity contribution in [3.63, 3.8) is 0 Å². The number of pyridine rings is 1. The van der Waals surface area contributed by atoms with Crippen molar-refractivity contribution < 1.29 is 0 Å². The first-order valence-electron chi connectivity index (χ1n) is 8.18. The molecular formula is C20H19ClN2S. The smallest absolute Gasteiger partial charge is 0.196 e. The second-order valence-electron chi connectivity index (χ2n) is 7.98. The standard InChI is InChI=1S/C20H19ClN2S/c1-19(2)7-8-20(3,4)15-12(19)10-13(22-5)14-11-6-9-23-18(21)16(11)24-17(14)15/h6,9-10H,7-8H2,1-4H3. The van der Waals surface area contributed by atoms with E-state index in [-0.39, 0.29) is 10.8 Å². The van der Waals surface area contributed by atoms with Crippen molar-refractivity contribution in [2.45, 2.75) is 51.4 Å². The fourth-order valence-electron chi connectivity index (χ4n) is 4.00. The molecule has 0 bridgehead atoms. The van der Waals surface area contributed by atoms with Crippen LogP contribution in [0.4, 0.5) is 5.69 Å². The van der Waals surface area contributed by atoms with Gasteiger partial charge in [-0.15, -0.1) is 11.3 Å². The summed E-state index contributed by atoms with van der Waals surface area (Å²) in [5.74, 6) is 0. The van der Waals surface area contributed by atoms with Crippen LogP contribution in [0.5, 0.6) is 0 Å². The van der Waals surface area contributed by atoms with E-state index in [0.29, 0.717) is 5.15 Å². The van der Waals surface area contributed by atoms with E-state index < -0.39 is 0 Å². The van der Waals surface area contributed by atoms with Crippen LogP contribution in [0.25, 0.3) is 25.0 Å². The number of halogens is 1. The molecule has 4 rings (SSSR count). The summed E-state index contributed by atoms with van der Waals surface area (Å²) in [5.41, 5.74) is 3.66. The molecule has 24 heavy (non-hydrogen) atoms. The molecule has 0 radical (unpaired) electrons. The Balaban J connectivity index is 2.29. The van der Waals surface area contributed by atoms with Gasteiger partial charge in [-0.3, -0.25) is 0 Å². The van der Waals surface area contributed by atoms with E-state index >= 15 is 0 Å². The molecule has 0 fully saturated rings. The number of hydrogen-bond donors (Lipinski definition) is 0. The minimum Gasteiger partial charge on any atom is -0.243 e. The number of nitrogens with zero attached hydrogens (tertiary/aromatic N) is 2. The minimum atomic E-state index is 0.0940. The number of fused-ring (bicyclic) bond motifs is 5. The van der Waals surface area contributed by atoms with Crippen LogP contribution in [0, 0.1) is 6.57 Å². The zero-order valence-corrected chi connectivity index (χ0v) is 15.9. The highest BCUT2D eigenvalue weighted by Crippen LogP contribution is 2.54. The predicted molar refractivity (Wildman–Crippen MR) is 104 cm³/mol. The molecule has 0 amide bonds. The van der Waals surface area contributed by atoms with Gasteiger partial charge in [0, 0.05) is 16.3 Å². The molecular weight excluding hydrogens is 336 g/mol. The molecule has 4 heteroatoms. The summed E-state index contributed by atoms with van der Waals surface area (Å²) < 4.78 is 2.22. The minimum absolute atomic E-state index is 0.0940. The zero-order chi connectivity index (χ0) is 17.3. The van der Waals surface area contributed by atoms with Crippen molar-refractivity contribution in [2.24, 2.45) is 0 Å². The molecule has 0 saturated carbocycles. The first kappa shape index (κ1) is 15.9. The van der Waals surface area contributed by atoms with Gasteiger partial charge in [-0.2, -0.15) is 0 Å². The Bertz CT molecular complexity index is 1040. The highest BCUT2D eigenvalue weighted by atomic mass is 35.5. The Labute approximate surface area is 151 Å². The van der Waals surface area contributed by atoms with E-state index in [4.69, 9.17) is 18.2 Å². The van der Waals surface area contributed by atoms with Crippen molar-refractivity contribution in [1.82, 2.24) is 4.98 Å². The fraction of sp³-hybridized carbons (Fsp3) is 0.400. The Hall–Kier alpha value is -1.63. The van der Waals surface area contributed by atoms with Gasteiger partial charge in [-0.1, -0.05) is 45.4 Å². The molecule has 2 aromatic heterocycles. The van der Waals surface area contributed by atoms with E-state index in [1.165, 1.54) is 15.8 Å². The Kier molecular flexibility index (Phi) is 3.27.